The van der Waals surface area contributed by atoms with Gasteiger partial charge in [0.1, 0.15) is 5.75 Å². The molecule has 118 valence electrons. The van der Waals surface area contributed by atoms with Gasteiger partial charge in [-0.3, -0.25) is 4.79 Å². The lowest BCUT2D eigenvalue weighted by Gasteiger charge is -2.30. The van der Waals surface area contributed by atoms with E-state index >= 15 is 0 Å². The monoisotopic (exact) mass is 293 g/mol. The minimum atomic E-state index is -0.558. The fraction of sp³-hybridized carbons (Fsp3) is 0.588. The summed E-state index contributed by atoms with van der Waals surface area (Å²) in [5.41, 5.74) is 0.856. The lowest BCUT2D eigenvalue weighted by Crippen LogP contribution is -2.44. The van der Waals surface area contributed by atoms with Crippen LogP contribution in [0.1, 0.15) is 39.2 Å². The average Bonchev–Trinajstić information content (AvgIpc) is 2.49. The highest BCUT2D eigenvalue weighted by Crippen LogP contribution is 2.24. The lowest BCUT2D eigenvalue weighted by atomic mass is 9.83. The summed E-state index contributed by atoms with van der Waals surface area (Å²) < 4.78 is 5.65. The van der Waals surface area contributed by atoms with Crippen LogP contribution in [0.5, 0.6) is 5.75 Å². The molecule has 0 saturated heterocycles. The minimum absolute atomic E-state index is 0.0768. The quantitative estimate of drug-likeness (QED) is 0.774. The smallest absolute Gasteiger partial charge is 0.260 e. The minimum Gasteiger partial charge on any atom is -0.481 e. The Labute approximate surface area is 127 Å². The number of amides is 1. The topological polar surface area (TPSA) is 58.6 Å². The van der Waals surface area contributed by atoms with Crippen molar-refractivity contribution in [1.82, 2.24) is 5.32 Å². The summed E-state index contributed by atoms with van der Waals surface area (Å²) in [6.45, 7) is 8.31. The van der Waals surface area contributed by atoms with E-state index in [0.29, 0.717) is 12.3 Å². The van der Waals surface area contributed by atoms with Gasteiger partial charge in [-0.2, -0.15) is 0 Å². The first-order chi connectivity index (χ1) is 9.96. The number of aliphatic hydroxyl groups excluding tert-OH is 1. The van der Waals surface area contributed by atoms with Crippen molar-refractivity contribution < 1.29 is 14.6 Å². The van der Waals surface area contributed by atoms with Gasteiger partial charge in [-0.1, -0.05) is 26.0 Å². The van der Waals surface area contributed by atoms with Crippen LogP contribution >= 0.6 is 0 Å². The van der Waals surface area contributed by atoms with Gasteiger partial charge in [0.2, 0.25) is 0 Å². The van der Waals surface area contributed by atoms with E-state index in [2.05, 4.69) is 5.32 Å². The number of aryl methyl sites for hydroxylation is 1. The number of hydrogen-bond donors (Lipinski definition) is 2. The van der Waals surface area contributed by atoms with Crippen LogP contribution in [0.2, 0.25) is 0 Å². The van der Waals surface area contributed by atoms with E-state index in [0.717, 1.165) is 18.4 Å². The summed E-state index contributed by atoms with van der Waals surface area (Å²) in [7, 11) is 0. The predicted octanol–water partition coefficient (Wildman–Crippen LogP) is 2.68. The van der Waals surface area contributed by atoms with E-state index < -0.39 is 6.10 Å². The molecular weight excluding hydrogens is 266 g/mol. The summed E-state index contributed by atoms with van der Waals surface area (Å²) in [6.07, 6.45) is 1.10. The molecule has 0 bridgehead atoms. The molecule has 4 nitrogen and oxygen atoms in total. The molecule has 2 N–H and O–H groups in total. The van der Waals surface area contributed by atoms with Crippen LogP contribution in [0.25, 0.3) is 0 Å². The first-order valence-electron chi connectivity index (χ1n) is 7.58. The van der Waals surface area contributed by atoms with Gasteiger partial charge in [-0.05, 0) is 44.4 Å². The van der Waals surface area contributed by atoms with Gasteiger partial charge in [0.15, 0.2) is 6.10 Å². The molecule has 0 aliphatic rings. The zero-order valence-electron chi connectivity index (χ0n) is 13.5. The maximum absolute atomic E-state index is 12.1. The first-order valence-corrected chi connectivity index (χ1v) is 7.58. The molecule has 0 radical (unpaired) electrons. The van der Waals surface area contributed by atoms with E-state index in [1.165, 1.54) is 0 Å². The summed E-state index contributed by atoms with van der Waals surface area (Å²) in [5, 5.41) is 12.4. The van der Waals surface area contributed by atoms with Crippen molar-refractivity contribution in [1.29, 1.82) is 0 Å². The Balaban J connectivity index is 2.55. The van der Waals surface area contributed by atoms with Gasteiger partial charge in [0, 0.05) is 12.0 Å². The molecule has 0 aliphatic carbocycles. The average molecular weight is 293 g/mol. The maximum Gasteiger partial charge on any atom is 0.260 e. The number of benzene rings is 1. The summed E-state index contributed by atoms with van der Waals surface area (Å²) in [6, 6.07) is 7.63. The van der Waals surface area contributed by atoms with Crippen LogP contribution < -0.4 is 10.1 Å². The fourth-order valence-electron chi connectivity index (χ4n) is 2.14. The molecule has 0 fully saturated rings. The van der Waals surface area contributed by atoms with Crippen molar-refractivity contribution in [3.05, 3.63) is 29.8 Å². The van der Waals surface area contributed by atoms with Crippen molar-refractivity contribution in [3.63, 3.8) is 0 Å². The first kappa shape index (κ1) is 17.5. The third-order valence-electron chi connectivity index (χ3n) is 4.14. The second kappa shape index (κ2) is 8.03. The molecule has 0 spiro atoms. The Morgan fingerprint density at radius 3 is 2.57 bits per heavy atom. The molecule has 1 unspecified atom stereocenters. The van der Waals surface area contributed by atoms with Crippen LogP contribution in [-0.4, -0.2) is 30.3 Å². The number of carbonyl (C=O) groups excluding carboxylic acids is 1. The number of carbonyl (C=O) groups is 1. The highest BCUT2D eigenvalue weighted by atomic mass is 16.5. The van der Waals surface area contributed by atoms with Gasteiger partial charge < -0.3 is 15.2 Å². The third-order valence-corrected chi connectivity index (χ3v) is 4.14. The second-order valence-corrected chi connectivity index (χ2v) is 5.66. The molecule has 0 aliphatic heterocycles. The second-order valence-electron chi connectivity index (χ2n) is 5.66. The lowest BCUT2D eigenvalue weighted by molar-refractivity contribution is -0.128. The van der Waals surface area contributed by atoms with Crippen LogP contribution in [0, 0.1) is 12.3 Å². The zero-order valence-corrected chi connectivity index (χ0v) is 13.5. The number of ether oxygens (including phenoxy) is 1. The number of rotatable bonds is 8. The van der Waals surface area contributed by atoms with Gasteiger partial charge in [0.25, 0.3) is 5.91 Å². The van der Waals surface area contributed by atoms with Crippen molar-refractivity contribution in [2.45, 2.75) is 46.6 Å². The highest BCUT2D eigenvalue weighted by Gasteiger charge is 2.27. The molecule has 1 aromatic rings. The van der Waals surface area contributed by atoms with E-state index in [1.54, 1.807) is 6.92 Å². The summed E-state index contributed by atoms with van der Waals surface area (Å²) in [4.78, 5) is 12.1. The molecule has 1 rings (SSSR count). The van der Waals surface area contributed by atoms with E-state index in [9.17, 15) is 9.90 Å². The third kappa shape index (κ3) is 5.05. The SMILES string of the molecule is CCC(CC)(CO)CNC(=O)C(C)Oc1cccc(C)c1. The number of aliphatic hydroxyl groups is 1. The molecule has 0 aromatic heterocycles. The normalized spacial score (nSPS) is 12.8. The molecule has 1 atom stereocenters. The summed E-state index contributed by atoms with van der Waals surface area (Å²) in [5.74, 6) is 0.535. The van der Waals surface area contributed by atoms with Crippen molar-refractivity contribution in [3.8, 4) is 5.75 Å². The van der Waals surface area contributed by atoms with Gasteiger partial charge in [-0.25, -0.2) is 0 Å². The Morgan fingerprint density at radius 2 is 2.05 bits per heavy atom. The van der Waals surface area contributed by atoms with Crippen molar-refractivity contribution in [2.75, 3.05) is 13.2 Å². The molecule has 1 amide bonds. The Morgan fingerprint density at radius 1 is 1.38 bits per heavy atom. The van der Waals surface area contributed by atoms with Crippen LogP contribution in [0.15, 0.2) is 24.3 Å². The fourth-order valence-corrected chi connectivity index (χ4v) is 2.14. The molecule has 0 saturated carbocycles. The van der Waals surface area contributed by atoms with Crippen molar-refractivity contribution >= 4 is 5.91 Å². The van der Waals surface area contributed by atoms with Gasteiger partial charge >= 0.3 is 0 Å². The zero-order chi connectivity index (χ0) is 15.9. The standard InChI is InChI=1S/C17H27NO3/c1-5-17(6-2,12-19)11-18-16(20)14(4)21-15-9-7-8-13(3)10-15/h7-10,14,19H,5-6,11-12H2,1-4H3,(H,18,20). The summed E-state index contributed by atoms with van der Waals surface area (Å²) >= 11 is 0. The Hall–Kier alpha value is -1.55. The molecule has 1 aromatic carbocycles. The van der Waals surface area contributed by atoms with Crippen LogP contribution in [-0.2, 0) is 4.79 Å². The molecular formula is C17H27NO3. The Bertz CT molecular complexity index is 447. The van der Waals surface area contributed by atoms with E-state index in [4.69, 9.17) is 4.74 Å². The van der Waals surface area contributed by atoms with E-state index in [1.807, 2.05) is 45.0 Å². The van der Waals surface area contributed by atoms with E-state index in [-0.39, 0.29) is 17.9 Å². The number of nitrogens with one attached hydrogen (secondary N) is 1. The van der Waals surface area contributed by atoms with Gasteiger partial charge in [0.05, 0.1) is 6.61 Å². The molecule has 4 heteroatoms. The largest absolute Gasteiger partial charge is 0.481 e. The van der Waals surface area contributed by atoms with Gasteiger partial charge in [-0.15, -0.1) is 0 Å². The molecule has 0 heterocycles. The highest BCUT2D eigenvalue weighted by molar-refractivity contribution is 5.80. The van der Waals surface area contributed by atoms with Crippen LogP contribution in [0.3, 0.4) is 0 Å². The maximum atomic E-state index is 12.1. The predicted molar refractivity (Wildman–Crippen MR) is 84.4 cm³/mol. The number of hydrogen-bond acceptors (Lipinski definition) is 3. The Kier molecular flexibility index (Phi) is 6.69. The van der Waals surface area contributed by atoms with Crippen molar-refractivity contribution in [2.24, 2.45) is 5.41 Å². The molecule has 21 heavy (non-hydrogen) atoms. The van der Waals surface area contributed by atoms with Crippen LogP contribution in [0.4, 0.5) is 0 Å².